The Morgan fingerprint density at radius 3 is 2.59 bits per heavy atom. The molecule has 4 heteroatoms. The molecular formula is C23H25NO3. The maximum atomic E-state index is 6.34. The van der Waals surface area contributed by atoms with Crippen molar-refractivity contribution in [1.82, 2.24) is 4.98 Å². The van der Waals surface area contributed by atoms with E-state index in [1.54, 1.807) is 20.4 Å². The lowest BCUT2D eigenvalue weighted by Gasteiger charge is -2.29. The third-order valence-electron chi connectivity index (χ3n) is 5.60. The summed E-state index contributed by atoms with van der Waals surface area (Å²) in [5.74, 6) is 0.125. The Labute approximate surface area is 159 Å². The number of rotatable bonds is 4. The number of hydrogen-bond acceptors (Lipinski definition) is 4. The topological polar surface area (TPSA) is 44.5 Å². The second-order valence-electron chi connectivity index (χ2n) is 7.80. The van der Waals surface area contributed by atoms with Crippen LogP contribution in [0.2, 0.25) is 0 Å². The van der Waals surface area contributed by atoms with Gasteiger partial charge < -0.3 is 13.9 Å². The zero-order valence-corrected chi connectivity index (χ0v) is 16.5. The van der Waals surface area contributed by atoms with Crippen molar-refractivity contribution in [2.24, 2.45) is 0 Å². The normalized spacial score (nSPS) is 15.9. The molecule has 0 spiro atoms. The van der Waals surface area contributed by atoms with Gasteiger partial charge in [0.1, 0.15) is 11.3 Å². The molecule has 3 aromatic rings. The van der Waals surface area contributed by atoms with E-state index in [9.17, 15) is 0 Å². The summed E-state index contributed by atoms with van der Waals surface area (Å²) in [5, 5.41) is 1.09. The Morgan fingerprint density at radius 1 is 1.15 bits per heavy atom. The van der Waals surface area contributed by atoms with Crippen LogP contribution in [0.1, 0.15) is 44.1 Å². The van der Waals surface area contributed by atoms with Crippen molar-refractivity contribution in [1.29, 1.82) is 0 Å². The third-order valence-corrected chi connectivity index (χ3v) is 5.60. The van der Waals surface area contributed by atoms with Gasteiger partial charge in [-0.1, -0.05) is 32.1 Å². The summed E-state index contributed by atoms with van der Waals surface area (Å²) >= 11 is 0. The molecule has 0 radical (unpaired) electrons. The molecule has 0 fully saturated rings. The second-order valence-corrected chi connectivity index (χ2v) is 7.80. The van der Waals surface area contributed by atoms with E-state index in [-0.39, 0.29) is 5.41 Å². The zero-order chi connectivity index (χ0) is 19.2. The van der Waals surface area contributed by atoms with E-state index in [1.165, 1.54) is 0 Å². The lowest BCUT2D eigenvalue weighted by molar-refractivity contribution is -0.201. The second kappa shape index (κ2) is 6.32. The molecule has 4 rings (SSSR count). The highest BCUT2D eigenvalue weighted by Gasteiger charge is 2.34. The van der Waals surface area contributed by atoms with Crippen LogP contribution in [0.4, 0.5) is 0 Å². The molecule has 27 heavy (non-hydrogen) atoms. The molecule has 0 aliphatic heterocycles. The first-order valence-electron chi connectivity index (χ1n) is 9.19. The molecule has 0 saturated carbocycles. The van der Waals surface area contributed by atoms with Gasteiger partial charge in [0.2, 0.25) is 0 Å². The van der Waals surface area contributed by atoms with Crippen LogP contribution in [0.5, 0.6) is 0 Å². The summed E-state index contributed by atoms with van der Waals surface area (Å²) in [6, 6.07) is 10.1. The molecule has 1 aliphatic carbocycles. The number of aromatic nitrogens is 1. The molecule has 1 aromatic carbocycles. The Balaban J connectivity index is 2.06. The summed E-state index contributed by atoms with van der Waals surface area (Å²) in [7, 11) is 3.30. The first-order chi connectivity index (χ1) is 12.9. The number of methoxy groups -OCH3 is 2. The van der Waals surface area contributed by atoms with E-state index in [2.05, 4.69) is 37.0 Å². The van der Waals surface area contributed by atoms with Gasteiger partial charge in [-0.25, -0.2) is 0 Å². The van der Waals surface area contributed by atoms with Crippen LogP contribution < -0.4 is 0 Å². The van der Waals surface area contributed by atoms with Gasteiger partial charge in [-0.2, -0.15) is 0 Å². The molecule has 4 nitrogen and oxygen atoms in total. The maximum absolute atomic E-state index is 6.34. The Hall–Kier alpha value is -2.43. The van der Waals surface area contributed by atoms with Crippen molar-refractivity contribution >= 4 is 17.0 Å². The number of hydrogen-bond donors (Lipinski definition) is 0. The first kappa shape index (κ1) is 18.0. The van der Waals surface area contributed by atoms with Crippen molar-refractivity contribution in [2.75, 3.05) is 14.2 Å². The molecule has 0 bridgehead atoms. The predicted molar refractivity (Wildman–Crippen MR) is 107 cm³/mol. The Bertz CT molecular complexity index is 1010. The molecular weight excluding hydrogens is 338 g/mol. The highest BCUT2D eigenvalue weighted by molar-refractivity contribution is 5.94. The summed E-state index contributed by atoms with van der Waals surface area (Å²) in [5.41, 5.74) is 4.72. The van der Waals surface area contributed by atoms with Crippen molar-refractivity contribution < 1.29 is 13.9 Å². The van der Waals surface area contributed by atoms with Gasteiger partial charge in [0.25, 0.3) is 0 Å². The highest BCUT2D eigenvalue weighted by Crippen LogP contribution is 2.44. The fourth-order valence-corrected chi connectivity index (χ4v) is 3.81. The molecule has 140 valence electrons. The average Bonchev–Trinajstić information content (AvgIpc) is 3.06. The Kier molecular flexibility index (Phi) is 4.21. The summed E-state index contributed by atoms with van der Waals surface area (Å²) in [6.45, 7) is 6.34. The summed E-state index contributed by atoms with van der Waals surface area (Å²) < 4.78 is 17.8. The van der Waals surface area contributed by atoms with E-state index in [1.807, 2.05) is 31.2 Å². The fourth-order valence-electron chi connectivity index (χ4n) is 3.81. The standard InChI is InChI=1S/C23H25NO3/c1-22(2)11-8-9-15-16-13-17(19-10-6-7-12-24-19)18(23(3,25-4)26-5)14-20(16)27-21(15)22/h6-10,12-14H,11H2,1-5H3. The van der Waals surface area contributed by atoms with E-state index >= 15 is 0 Å². The largest absolute Gasteiger partial charge is 0.460 e. The zero-order valence-electron chi connectivity index (χ0n) is 16.5. The average molecular weight is 363 g/mol. The summed E-state index contributed by atoms with van der Waals surface area (Å²) in [4.78, 5) is 4.56. The molecule has 2 aromatic heterocycles. The minimum Gasteiger partial charge on any atom is -0.460 e. The molecule has 0 atom stereocenters. The predicted octanol–water partition coefficient (Wildman–Crippen LogP) is 5.65. The number of pyridine rings is 1. The van der Waals surface area contributed by atoms with Crippen LogP contribution in [0, 0.1) is 0 Å². The van der Waals surface area contributed by atoms with Crippen LogP contribution in [0.3, 0.4) is 0 Å². The number of ether oxygens (including phenoxy) is 2. The maximum Gasteiger partial charge on any atom is 0.192 e. The van der Waals surface area contributed by atoms with Crippen molar-refractivity contribution in [3.8, 4) is 11.3 Å². The van der Waals surface area contributed by atoms with Gasteiger partial charge in [0.15, 0.2) is 5.79 Å². The molecule has 0 unspecified atom stereocenters. The van der Waals surface area contributed by atoms with E-state index in [0.717, 1.165) is 45.5 Å². The van der Waals surface area contributed by atoms with Gasteiger partial charge in [-0.15, -0.1) is 0 Å². The van der Waals surface area contributed by atoms with Gasteiger partial charge >= 0.3 is 0 Å². The van der Waals surface area contributed by atoms with Crippen LogP contribution in [-0.4, -0.2) is 19.2 Å². The van der Waals surface area contributed by atoms with Crippen molar-refractivity contribution in [2.45, 2.75) is 38.4 Å². The highest BCUT2D eigenvalue weighted by atomic mass is 16.7. The van der Waals surface area contributed by atoms with Gasteiger partial charge in [0, 0.05) is 47.9 Å². The molecule has 0 saturated heterocycles. The van der Waals surface area contributed by atoms with Crippen LogP contribution in [-0.2, 0) is 20.7 Å². The number of benzene rings is 1. The van der Waals surface area contributed by atoms with Crippen LogP contribution in [0.25, 0.3) is 28.3 Å². The van der Waals surface area contributed by atoms with Gasteiger partial charge in [0.05, 0.1) is 5.69 Å². The lowest BCUT2D eigenvalue weighted by Crippen LogP contribution is -2.27. The quantitative estimate of drug-likeness (QED) is 0.562. The van der Waals surface area contributed by atoms with Crippen molar-refractivity contribution in [3.63, 3.8) is 0 Å². The third kappa shape index (κ3) is 2.80. The lowest BCUT2D eigenvalue weighted by atomic mass is 9.80. The van der Waals surface area contributed by atoms with E-state index in [0.29, 0.717) is 0 Å². The number of nitrogens with zero attached hydrogens (tertiary/aromatic N) is 1. The smallest absolute Gasteiger partial charge is 0.192 e. The SMILES string of the molecule is COC(C)(OC)c1cc2oc3c(c2cc1-c1ccccn1)C=CCC3(C)C. The minimum atomic E-state index is -0.903. The van der Waals surface area contributed by atoms with Gasteiger partial charge in [-0.05, 0) is 37.6 Å². The molecule has 0 N–H and O–H groups in total. The minimum absolute atomic E-state index is 0.0275. The summed E-state index contributed by atoms with van der Waals surface area (Å²) in [6.07, 6.45) is 7.15. The van der Waals surface area contributed by atoms with Crippen LogP contribution in [0.15, 0.2) is 47.0 Å². The number of fused-ring (bicyclic) bond motifs is 3. The van der Waals surface area contributed by atoms with E-state index < -0.39 is 5.79 Å². The van der Waals surface area contributed by atoms with Crippen molar-refractivity contribution in [3.05, 3.63) is 59.5 Å². The van der Waals surface area contributed by atoms with Gasteiger partial charge in [-0.3, -0.25) is 4.98 Å². The van der Waals surface area contributed by atoms with Crippen LogP contribution >= 0.6 is 0 Å². The molecule has 0 amide bonds. The van der Waals surface area contributed by atoms with E-state index in [4.69, 9.17) is 13.9 Å². The molecule has 2 heterocycles. The number of furan rings is 1. The number of allylic oxidation sites excluding steroid dienone is 1. The Morgan fingerprint density at radius 2 is 1.93 bits per heavy atom. The monoisotopic (exact) mass is 363 g/mol. The molecule has 1 aliphatic rings. The first-order valence-corrected chi connectivity index (χ1v) is 9.19. The fraction of sp³-hybridized carbons (Fsp3) is 0.348.